The van der Waals surface area contributed by atoms with Gasteiger partial charge in [-0.1, -0.05) is 25.8 Å². The Morgan fingerprint density at radius 3 is 2.71 bits per heavy atom. The van der Waals surface area contributed by atoms with Crippen LogP contribution in [0.3, 0.4) is 0 Å². The van der Waals surface area contributed by atoms with Gasteiger partial charge in [0.25, 0.3) is 0 Å². The summed E-state index contributed by atoms with van der Waals surface area (Å²) >= 11 is 0. The van der Waals surface area contributed by atoms with Crippen molar-refractivity contribution in [3.8, 4) is 11.5 Å². The molecule has 0 saturated heterocycles. The zero-order chi connectivity index (χ0) is 15.5. The molecule has 0 aliphatic heterocycles. The number of benzene rings is 1. The predicted molar refractivity (Wildman–Crippen MR) is 85.7 cm³/mol. The van der Waals surface area contributed by atoms with Crippen molar-refractivity contribution in [3.63, 3.8) is 0 Å². The zero-order valence-electron chi connectivity index (χ0n) is 13.1. The first-order valence-corrected chi connectivity index (χ1v) is 7.48. The fourth-order valence-corrected chi connectivity index (χ4v) is 1.88. The second kappa shape index (κ2) is 9.86. The van der Waals surface area contributed by atoms with Gasteiger partial charge in [0.15, 0.2) is 11.5 Å². The van der Waals surface area contributed by atoms with Gasteiger partial charge in [0.1, 0.15) is 0 Å². The second-order valence-electron chi connectivity index (χ2n) is 4.67. The highest BCUT2D eigenvalue weighted by Gasteiger charge is 2.04. The largest absolute Gasteiger partial charge is 0.493 e. The highest BCUT2D eigenvalue weighted by Crippen LogP contribution is 2.28. The van der Waals surface area contributed by atoms with Crippen LogP contribution >= 0.6 is 0 Å². The molecule has 21 heavy (non-hydrogen) atoms. The average molecular weight is 291 g/mol. The molecule has 1 aromatic carbocycles. The Hall–Kier alpha value is -1.97. The molecule has 0 saturated carbocycles. The fraction of sp³-hybridized carbons (Fsp3) is 0.471. The van der Waals surface area contributed by atoms with E-state index in [1.54, 1.807) is 19.3 Å². The van der Waals surface area contributed by atoms with Gasteiger partial charge in [-0.15, -0.1) is 0 Å². The van der Waals surface area contributed by atoms with E-state index in [0.717, 1.165) is 31.4 Å². The first-order valence-electron chi connectivity index (χ1n) is 7.48. The third-order valence-corrected chi connectivity index (χ3v) is 2.99. The smallest absolute Gasteiger partial charge is 0.243 e. The second-order valence-corrected chi connectivity index (χ2v) is 4.67. The Labute approximate surface area is 127 Å². The number of carbonyl (C=O) groups excluding carboxylic acids is 1. The summed E-state index contributed by atoms with van der Waals surface area (Å²) in [5.74, 6) is 1.31. The molecule has 1 rings (SSSR count). The van der Waals surface area contributed by atoms with Crippen molar-refractivity contribution in [2.24, 2.45) is 0 Å². The summed E-state index contributed by atoms with van der Waals surface area (Å²) < 4.78 is 10.7. The first-order chi connectivity index (χ1) is 10.2. The molecule has 0 spiro atoms. The number of hydrogen-bond acceptors (Lipinski definition) is 3. The lowest BCUT2D eigenvalue weighted by molar-refractivity contribution is -0.116. The van der Waals surface area contributed by atoms with Crippen LogP contribution in [0.25, 0.3) is 6.08 Å². The maximum absolute atomic E-state index is 11.6. The van der Waals surface area contributed by atoms with Crippen molar-refractivity contribution in [1.82, 2.24) is 5.32 Å². The molecule has 1 amide bonds. The van der Waals surface area contributed by atoms with E-state index >= 15 is 0 Å². The Kier molecular flexibility index (Phi) is 8.02. The number of amides is 1. The van der Waals surface area contributed by atoms with Crippen LogP contribution in [0.5, 0.6) is 11.5 Å². The lowest BCUT2D eigenvalue weighted by atomic mass is 10.2. The third kappa shape index (κ3) is 6.34. The summed E-state index contributed by atoms with van der Waals surface area (Å²) in [6.45, 7) is 5.38. The molecule has 1 aromatic rings. The van der Waals surface area contributed by atoms with Gasteiger partial charge in [-0.25, -0.2) is 0 Å². The average Bonchev–Trinajstić information content (AvgIpc) is 2.50. The van der Waals surface area contributed by atoms with Gasteiger partial charge in [-0.2, -0.15) is 0 Å². The minimum Gasteiger partial charge on any atom is -0.493 e. The summed E-state index contributed by atoms with van der Waals surface area (Å²) in [6, 6.07) is 5.60. The van der Waals surface area contributed by atoms with Crippen LogP contribution < -0.4 is 14.8 Å². The molecule has 0 heterocycles. The van der Waals surface area contributed by atoms with Gasteiger partial charge < -0.3 is 14.8 Å². The Balaban J connectivity index is 2.57. The maximum Gasteiger partial charge on any atom is 0.243 e. The highest BCUT2D eigenvalue weighted by atomic mass is 16.5. The SMILES string of the molecule is CCCCCNC(=O)/C=C/c1ccc(OCC)c(OC)c1. The van der Waals surface area contributed by atoms with E-state index in [0.29, 0.717) is 18.1 Å². The molecule has 0 atom stereocenters. The molecule has 0 radical (unpaired) electrons. The summed E-state index contributed by atoms with van der Waals surface area (Å²) in [4.78, 5) is 11.6. The van der Waals surface area contributed by atoms with Crippen LogP contribution in [0.2, 0.25) is 0 Å². The first kappa shape index (κ1) is 17.1. The van der Waals surface area contributed by atoms with Gasteiger partial charge >= 0.3 is 0 Å². The molecule has 0 bridgehead atoms. The molecular weight excluding hydrogens is 266 g/mol. The van der Waals surface area contributed by atoms with Crippen LogP contribution in [0.15, 0.2) is 24.3 Å². The summed E-state index contributed by atoms with van der Waals surface area (Å²) in [6.07, 6.45) is 6.62. The van der Waals surface area contributed by atoms with Crippen molar-refractivity contribution < 1.29 is 14.3 Å². The molecule has 0 aliphatic carbocycles. The van der Waals surface area contributed by atoms with Crippen LogP contribution in [0, 0.1) is 0 Å². The van der Waals surface area contributed by atoms with Crippen LogP contribution in [-0.4, -0.2) is 26.2 Å². The van der Waals surface area contributed by atoms with E-state index in [1.165, 1.54) is 0 Å². The number of ether oxygens (including phenoxy) is 2. The fourth-order valence-electron chi connectivity index (χ4n) is 1.88. The third-order valence-electron chi connectivity index (χ3n) is 2.99. The summed E-state index contributed by atoms with van der Waals surface area (Å²) in [7, 11) is 1.60. The van der Waals surface area contributed by atoms with E-state index in [4.69, 9.17) is 9.47 Å². The van der Waals surface area contributed by atoms with E-state index in [1.807, 2.05) is 25.1 Å². The van der Waals surface area contributed by atoms with Gasteiger partial charge in [0, 0.05) is 12.6 Å². The van der Waals surface area contributed by atoms with E-state index in [2.05, 4.69) is 12.2 Å². The number of methoxy groups -OCH3 is 1. The molecular formula is C17H25NO3. The highest BCUT2D eigenvalue weighted by molar-refractivity contribution is 5.91. The monoisotopic (exact) mass is 291 g/mol. The number of nitrogens with one attached hydrogen (secondary N) is 1. The van der Waals surface area contributed by atoms with Crippen LogP contribution in [-0.2, 0) is 4.79 Å². The Morgan fingerprint density at radius 2 is 2.05 bits per heavy atom. The lowest BCUT2D eigenvalue weighted by Gasteiger charge is -2.09. The number of unbranched alkanes of at least 4 members (excludes halogenated alkanes) is 2. The number of carbonyl (C=O) groups is 1. The van der Waals surface area contributed by atoms with Crippen molar-refractivity contribution >= 4 is 12.0 Å². The van der Waals surface area contributed by atoms with Gasteiger partial charge in [-0.3, -0.25) is 4.79 Å². The van der Waals surface area contributed by atoms with Crippen LogP contribution in [0.1, 0.15) is 38.7 Å². The van der Waals surface area contributed by atoms with Gasteiger partial charge in [0.05, 0.1) is 13.7 Å². The molecule has 0 aliphatic rings. The summed E-state index contributed by atoms with van der Waals surface area (Å²) in [5.41, 5.74) is 0.902. The standard InChI is InChI=1S/C17H25NO3/c1-4-6-7-12-18-17(19)11-9-14-8-10-15(21-5-2)16(13-14)20-3/h8-11,13H,4-7,12H2,1-3H3,(H,18,19)/b11-9+. The molecule has 0 aromatic heterocycles. The van der Waals surface area contributed by atoms with Gasteiger partial charge in [0.2, 0.25) is 5.91 Å². The maximum atomic E-state index is 11.6. The molecule has 4 nitrogen and oxygen atoms in total. The topological polar surface area (TPSA) is 47.6 Å². The minimum atomic E-state index is -0.0704. The van der Waals surface area contributed by atoms with Crippen molar-refractivity contribution in [2.75, 3.05) is 20.3 Å². The number of hydrogen-bond donors (Lipinski definition) is 1. The summed E-state index contributed by atoms with van der Waals surface area (Å²) in [5, 5.41) is 2.87. The van der Waals surface area contributed by atoms with E-state index in [9.17, 15) is 4.79 Å². The van der Waals surface area contributed by atoms with Crippen molar-refractivity contribution in [3.05, 3.63) is 29.8 Å². The zero-order valence-corrected chi connectivity index (χ0v) is 13.1. The van der Waals surface area contributed by atoms with E-state index in [-0.39, 0.29) is 5.91 Å². The molecule has 1 N–H and O–H groups in total. The van der Waals surface area contributed by atoms with Gasteiger partial charge in [-0.05, 0) is 37.1 Å². The lowest BCUT2D eigenvalue weighted by Crippen LogP contribution is -2.21. The quantitative estimate of drug-likeness (QED) is 0.560. The van der Waals surface area contributed by atoms with E-state index < -0.39 is 0 Å². The predicted octanol–water partition coefficient (Wildman–Crippen LogP) is 3.41. The van der Waals surface area contributed by atoms with Crippen molar-refractivity contribution in [1.29, 1.82) is 0 Å². The Bertz CT molecular complexity index is 469. The minimum absolute atomic E-state index is 0.0704. The molecule has 0 fully saturated rings. The Morgan fingerprint density at radius 1 is 1.24 bits per heavy atom. The number of rotatable bonds is 9. The molecule has 0 unspecified atom stereocenters. The van der Waals surface area contributed by atoms with Crippen molar-refractivity contribution in [2.45, 2.75) is 33.1 Å². The van der Waals surface area contributed by atoms with Crippen LogP contribution in [0.4, 0.5) is 0 Å². The normalized spacial score (nSPS) is 10.6. The molecule has 116 valence electrons. The molecule has 4 heteroatoms.